The van der Waals surface area contributed by atoms with Gasteiger partial charge in [-0.15, -0.1) is 5.10 Å². The molecule has 4 rings (SSSR count). The molecular formula is C20H26N6O3. The van der Waals surface area contributed by atoms with Crippen LogP contribution in [0.5, 0.6) is 5.75 Å². The molecule has 2 aromatic heterocycles. The van der Waals surface area contributed by atoms with E-state index in [1.165, 1.54) is 0 Å². The molecule has 0 spiro atoms. The predicted molar refractivity (Wildman–Crippen MR) is 108 cm³/mol. The van der Waals surface area contributed by atoms with Gasteiger partial charge in [0.25, 0.3) is 5.56 Å². The highest BCUT2D eigenvalue weighted by Gasteiger charge is 2.31. The molecule has 1 N–H and O–H groups in total. The molecule has 0 radical (unpaired) electrons. The van der Waals surface area contributed by atoms with Crippen molar-refractivity contribution in [2.24, 2.45) is 0 Å². The lowest BCUT2D eigenvalue weighted by molar-refractivity contribution is 0.178. The van der Waals surface area contributed by atoms with Crippen molar-refractivity contribution in [2.75, 3.05) is 33.4 Å². The van der Waals surface area contributed by atoms with Gasteiger partial charge in [0, 0.05) is 23.6 Å². The Balaban J connectivity index is 1.82. The van der Waals surface area contributed by atoms with E-state index in [1.807, 2.05) is 31.2 Å². The summed E-state index contributed by atoms with van der Waals surface area (Å²) in [6, 6.07) is 7.32. The van der Waals surface area contributed by atoms with Crippen molar-refractivity contribution in [3.63, 3.8) is 0 Å². The van der Waals surface area contributed by atoms with Gasteiger partial charge in [0.1, 0.15) is 11.8 Å². The molecule has 1 aromatic carbocycles. The number of fused-ring (bicyclic) bond motifs is 1. The van der Waals surface area contributed by atoms with Gasteiger partial charge >= 0.3 is 0 Å². The largest absolute Gasteiger partial charge is 0.494 e. The first-order valence-corrected chi connectivity index (χ1v) is 10.00. The van der Waals surface area contributed by atoms with Crippen LogP contribution in [0.4, 0.5) is 0 Å². The summed E-state index contributed by atoms with van der Waals surface area (Å²) in [6.45, 7) is 5.37. The van der Waals surface area contributed by atoms with E-state index in [1.54, 1.807) is 11.8 Å². The number of pyridine rings is 1. The number of methoxy groups -OCH3 is 1. The number of nitrogens with one attached hydrogen (secondary N) is 1. The Kier molecular flexibility index (Phi) is 5.86. The first-order valence-electron chi connectivity index (χ1n) is 10.00. The van der Waals surface area contributed by atoms with Crippen LogP contribution < -0.4 is 10.3 Å². The molecule has 0 bridgehead atoms. The van der Waals surface area contributed by atoms with Crippen molar-refractivity contribution in [1.82, 2.24) is 30.1 Å². The highest BCUT2D eigenvalue weighted by Crippen LogP contribution is 2.30. The van der Waals surface area contributed by atoms with Crippen molar-refractivity contribution in [1.29, 1.82) is 0 Å². The lowest BCUT2D eigenvalue weighted by Crippen LogP contribution is -2.33. The molecule has 3 heterocycles. The number of rotatable bonds is 8. The Morgan fingerprint density at radius 2 is 2.07 bits per heavy atom. The van der Waals surface area contributed by atoms with E-state index in [9.17, 15) is 4.79 Å². The van der Waals surface area contributed by atoms with E-state index in [4.69, 9.17) is 9.47 Å². The summed E-state index contributed by atoms with van der Waals surface area (Å²) < 4.78 is 12.5. The van der Waals surface area contributed by atoms with Crippen LogP contribution >= 0.6 is 0 Å². The molecule has 1 aliphatic rings. The Morgan fingerprint density at radius 1 is 1.24 bits per heavy atom. The molecule has 1 fully saturated rings. The van der Waals surface area contributed by atoms with Crippen LogP contribution in [0.25, 0.3) is 10.9 Å². The van der Waals surface area contributed by atoms with Crippen molar-refractivity contribution < 1.29 is 9.47 Å². The first-order chi connectivity index (χ1) is 14.2. The minimum atomic E-state index is -0.312. The number of aromatic amines is 1. The Labute approximate surface area is 168 Å². The number of benzene rings is 1. The monoisotopic (exact) mass is 398 g/mol. The first kappa shape index (κ1) is 19.5. The Bertz CT molecular complexity index is 1020. The summed E-state index contributed by atoms with van der Waals surface area (Å²) in [5.41, 5.74) is 1.29. The molecule has 1 atom stereocenters. The van der Waals surface area contributed by atoms with Gasteiger partial charge in [0.15, 0.2) is 5.82 Å². The van der Waals surface area contributed by atoms with Gasteiger partial charge in [0.05, 0.1) is 19.8 Å². The molecule has 0 aliphatic carbocycles. The second kappa shape index (κ2) is 8.71. The third-order valence-corrected chi connectivity index (χ3v) is 5.27. The summed E-state index contributed by atoms with van der Waals surface area (Å²) in [5, 5.41) is 13.2. The molecule has 0 unspecified atom stereocenters. The quantitative estimate of drug-likeness (QED) is 0.617. The van der Waals surface area contributed by atoms with Gasteiger partial charge in [0.2, 0.25) is 0 Å². The third kappa shape index (κ3) is 4.01. The second-order valence-electron chi connectivity index (χ2n) is 7.13. The number of tetrazole rings is 1. The Hall–Kier alpha value is -2.78. The number of hydrogen-bond acceptors (Lipinski definition) is 7. The normalized spacial score (nSPS) is 15.8. The summed E-state index contributed by atoms with van der Waals surface area (Å²) in [6.07, 6.45) is 2.19. The van der Waals surface area contributed by atoms with Crippen molar-refractivity contribution in [2.45, 2.75) is 32.4 Å². The lowest BCUT2D eigenvalue weighted by Gasteiger charge is -2.26. The maximum absolute atomic E-state index is 13.0. The standard InChI is InChI=1S/C20H26N6O3/c1-3-29-15-6-7-17-14(12-15)13-16(20(27)21-17)18(25-8-4-5-9-25)19-22-23-24-26(19)10-11-28-2/h6-7,12-13,18H,3-5,8-11H2,1-2H3,(H,21,27)/t18-/m0/s1. The molecule has 3 aromatic rings. The number of hydrogen-bond donors (Lipinski definition) is 1. The Morgan fingerprint density at radius 3 is 2.83 bits per heavy atom. The van der Waals surface area contributed by atoms with Crippen LogP contribution in [-0.4, -0.2) is 63.5 Å². The zero-order valence-electron chi connectivity index (χ0n) is 16.8. The molecule has 0 saturated carbocycles. The van der Waals surface area contributed by atoms with Crippen LogP contribution in [0.2, 0.25) is 0 Å². The van der Waals surface area contributed by atoms with E-state index in [-0.39, 0.29) is 11.6 Å². The summed E-state index contributed by atoms with van der Waals surface area (Å²) in [4.78, 5) is 18.3. The number of aromatic nitrogens is 5. The summed E-state index contributed by atoms with van der Waals surface area (Å²) in [5.74, 6) is 1.44. The zero-order chi connectivity index (χ0) is 20.2. The lowest BCUT2D eigenvalue weighted by atomic mass is 10.0. The van der Waals surface area contributed by atoms with Crippen LogP contribution in [0.1, 0.15) is 37.2 Å². The van der Waals surface area contributed by atoms with Crippen LogP contribution in [-0.2, 0) is 11.3 Å². The van der Waals surface area contributed by atoms with Crippen molar-refractivity contribution >= 4 is 10.9 Å². The van der Waals surface area contributed by atoms with Gasteiger partial charge in [-0.05, 0) is 67.5 Å². The average molecular weight is 398 g/mol. The average Bonchev–Trinajstić information content (AvgIpc) is 3.40. The van der Waals surface area contributed by atoms with E-state index < -0.39 is 0 Å². The van der Waals surface area contributed by atoms with Crippen LogP contribution in [0, 0.1) is 0 Å². The molecule has 9 heteroatoms. The number of nitrogens with zero attached hydrogens (tertiary/aromatic N) is 5. The van der Waals surface area contributed by atoms with E-state index in [0.29, 0.717) is 31.1 Å². The fourth-order valence-electron chi connectivity index (χ4n) is 3.90. The highest BCUT2D eigenvalue weighted by atomic mass is 16.5. The predicted octanol–water partition coefficient (Wildman–Crippen LogP) is 1.74. The molecule has 29 heavy (non-hydrogen) atoms. The maximum atomic E-state index is 13.0. The van der Waals surface area contributed by atoms with Gasteiger partial charge < -0.3 is 14.5 Å². The molecular weight excluding hydrogens is 372 g/mol. The highest BCUT2D eigenvalue weighted by molar-refractivity contribution is 5.80. The molecule has 0 amide bonds. The molecule has 1 aliphatic heterocycles. The van der Waals surface area contributed by atoms with E-state index in [0.717, 1.165) is 42.6 Å². The summed E-state index contributed by atoms with van der Waals surface area (Å²) in [7, 11) is 1.64. The summed E-state index contributed by atoms with van der Waals surface area (Å²) >= 11 is 0. The van der Waals surface area contributed by atoms with Gasteiger partial charge in [-0.25, -0.2) is 4.68 Å². The SMILES string of the molecule is CCOc1ccc2[nH]c(=O)c([C@@H](c3nnnn3CCOC)N3CCCC3)cc2c1. The van der Waals surface area contributed by atoms with Crippen LogP contribution in [0.3, 0.4) is 0 Å². The van der Waals surface area contributed by atoms with Gasteiger partial charge in [-0.2, -0.15) is 0 Å². The molecule has 9 nitrogen and oxygen atoms in total. The molecule has 154 valence electrons. The fraction of sp³-hybridized carbons (Fsp3) is 0.500. The molecule has 1 saturated heterocycles. The zero-order valence-corrected chi connectivity index (χ0v) is 16.8. The van der Waals surface area contributed by atoms with E-state index in [2.05, 4.69) is 25.4 Å². The smallest absolute Gasteiger partial charge is 0.253 e. The number of likely N-dealkylation sites (tertiary alicyclic amines) is 1. The fourth-order valence-corrected chi connectivity index (χ4v) is 3.90. The third-order valence-electron chi connectivity index (χ3n) is 5.27. The van der Waals surface area contributed by atoms with Crippen molar-refractivity contribution in [3.8, 4) is 5.75 Å². The number of H-pyrrole nitrogens is 1. The van der Waals surface area contributed by atoms with Crippen LogP contribution in [0.15, 0.2) is 29.1 Å². The van der Waals surface area contributed by atoms with Crippen molar-refractivity contribution in [3.05, 3.63) is 46.0 Å². The minimum Gasteiger partial charge on any atom is -0.494 e. The number of ether oxygens (including phenoxy) is 2. The van der Waals surface area contributed by atoms with Gasteiger partial charge in [-0.3, -0.25) is 9.69 Å². The van der Waals surface area contributed by atoms with Gasteiger partial charge in [-0.1, -0.05) is 0 Å². The van der Waals surface area contributed by atoms with E-state index >= 15 is 0 Å². The topological polar surface area (TPSA) is 98.2 Å². The maximum Gasteiger partial charge on any atom is 0.253 e. The second-order valence-corrected chi connectivity index (χ2v) is 7.13. The minimum absolute atomic E-state index is 0.125.